The number of aromatic nitrogens is 1. The number of esters is 1. The Labute approximate surface area is 1000 Å². The first-order valence-electron chi connectivity index (χ1n) is 38.3. The minimum Gasteiger partial charge on any atom is -0.565 e. The third-order valence-electron chi connectivity index (χ3n) is 18.3. The van der Waals surface area contributed by atoms with Crippen LogP contribution in [0.25, 0.3) is 44.1 Å². The number of phenolic OH excluding ortho intramolecular Hbond substituents is 2. The molecular formula is C108H105ClF3NO14Y8-8. The Balaban J connectivity index is -0.000000275. The van der Waals surface area contributed by atoms with E-state index in [9.17, 15) is 66.2 Å². The molecule has 0 amide bonds. The van der Waals surface area contributed by atoms with Crippen LogP contribution >= 0.6 is 11.6 Å². The number of carbonyl (C=O) groups is 2. The van der Waals surface area contributed by atoms with Gasteiger partial charge in [-0.25, -0.2) is 13.2 Å². The van der Waals surface area contributed by atoms with Gasteiger partial charge >= 0.3 is 0 Å². The maximum absolute atomic E-state index is 13.9. The van der Waals surface area contributed by atoms with Crippen LogP contribution in [0.5, 0.6) is 28.7 Å². The average Bonchev–Trinajstić information content (AvgIpc) is 1.63. The van der Waals surface area contributed by atoms with Crippen LogP contribution in [-0.4, -0.2) is 77.2 Å². The van der Waals surface area contributed by atoms with Crippen molar-refractivity contribution in [1.29, 1.82) is 0 Å². The molecule has 0 saturated carbocycles. The molecule has 13 aromatic carbocycles. The topological polar surface area (TPSA) is 245 Å². The molecule has 8 radical (unpaired) electrons. The van der Waals surface area contributed by atoms with Gasteiger partial charge in [-0.15, -0.1) is 64.5 Å². The summed E-state index contributed by atoms with van der Waals surface area (Å²) in [5.74, 6) is -1.24. The fraction of sp³-hybridized carbons (Fsp3) is 0.185. The van der Waals surface area contributed by atoms with Gasteiger partial charge in [0.1, 0.15) is 29.0 Å². The zero-order chi connectivity index (χ0) is 88.6. The summed E-state index contributed by atoms with van der Waals surface area (Å²) >= 11 is 6.01. The molecule has 0 spiro atoms. The second-order valence-corrected chi connectivity index (χ2v) is 28.3. The van der Waals surface area contributed by atoms with E-state index in [-0.39, 0.29) is 374 Å². The smallest absolute Gasteiger partial charge is 0.296 e. The molecule has 0 aliphatic heterocycles. The number of hydrogen-bond donors (Lipinski definition) is 3. The fourth-order valence-electron chi connectivity index (χ4n) is 11.6. The molecule has 0 saturated heterocycles. The molecule has 135 heavy (non-hydrogen) atoms. The summed E-state index contributed by atoms with van der Waals surface area (Å²) < 4.78 is 50.5. The van der Waals surface area contributed by atoms with Crippen LogP contribution in [-0.2, 0) is 311 Å². The van der Waals surface area contributed by atoms with Crippen molar-refractivity contribution < 1.29 is 342 Å². The Hall–Kier alpha value is -5.53. The number of benzene rings is 13. The van der Waals surface area contributed by atoms with E-state index in [4.69, 9.17) is 26.2 Å². The first kappa shape index (κ1) is 142. The van der Waals surface area contributed by atoms with Crippen molar-refractivity contribution in [1.82, 2.24) is 4.98 Å². The van der Waals surface area contributed by atoms with Crippen molar-refractivity contribution in [2.75, 3.05) is 0 Å². The Kier molecular flexibility index (Phi) is 81.4. The molecule has 0 aliphatic carbocycles. The van der Waals surface area contributed by atoms with E-state index < -0.39 is 23.5 Å². The number of nitrogens with one attached hydrogen (secondary N) is 1. The molecule has 14 aromatic rings. The molecule has 1 aromatic heterocycles. The minimum absolute atomic E-state index is 0. The zero-order valence-electron chi connectivity index (χ0n) is 72.5. The predicted octanol–water partition coefficient (Wildman–Crippen LogP) is 25.7. The number of hydrogen-bond acceptors (Lipinski definition) is 14. The van der Waals surface area contributed by atoms with Crippen LogP contribution in [0, 0.1) is 23.4 Å². The second kappa shape index (κ2) is 77.2. The number of H-pyrrole nitrogens is 1. The number of ketones is 1. The Bertz CT molecular complexity index is 5850. The van der Waals surface area contributed by atoms with E-state index in [1.807, 2.05) is 210 Å². The molecule has 14 rings (SSSR count). The minimum atomic E-state index is -0.729. The molecule has 5 atom stereocenters. The van der Waals surface area contributed by atoms with Crippen molar-refractivity contribution in [3.05, 3.63) is 387 Å². The quantitative estimate of drug-likeness (QED) is 0.0247. The Morgan fingerprint density at radius 3 is 1.30 bits per heavy atom. The van der Waals surface area contributed by atoms with Gasteiger partial charge in [-0.3, -0.25) is 41.0 Å². The number of aromatic hydroxyl groups is 2. The molecule has 0 fully saturated rings. The van der Waals surface area contributed by atoms with Crippen LogP contribution in [0.15, 0.2) is 303 Å². The van der Waals surface area contributed by atoms with E-state index in [0.29, 0.717) is 33.7 Å². The fourth-order valence-corrected chi connectivity index (χ4v) is 11.8. The first-order valence-corrected chi connectivity index (χ1v) is 38.7. The number of para-hydroxylation sites is 3. The zero-order valence-corrected chi connectivity index (χ0v) is 95.9. The normalized spacial score (nSPS) is 10.3. The monoisotopic (exact) mass is 2440 g/mol. The number of rotatable bonds is 22. The molecule has 3 N–H and O–H groups in total. The molecule has 5 unspecified atom stereocenters. The number of carbonyl (C=O) groups excluding carboxylic acids is 10. The van der Waals surface area contributed by atoms with Gasteiger partial charge in [0.2, 0.25) is 0 Å². The third kappa shape index (κ3) is 47.7. The van der Waals surface area contributed by atoms with E-state index in [1.165, 1.54) is 67.3 Å². The van der Waals surface area contributed by atoms with E-state index in [2.05, 4.69) is 31.0 Å². The summed E-state index contributed by atoms with van der Waals surface area (Å²) in [4.78, 5) is 110. The van der Waals surface area contributed by atoms with E-state index >= 15 is 0 Å². The molecule has 15 nitrogen and oxygen atoms in total. The number of ether oxygens (including phenoxy) is 2. The van der Waals surface area contributed by atoms with Gasteiger partial charge in [-0.1, -0.05) is 325 Å². The SMILES string of the molecule is C.C.C.C.C.CC(=O)Oc1ccccc1[C-]=O.CC(C)Cc1ccc(C(C)[C-]=O)cc1.CC([C-]=O)c1ccc(-c2ccccc2)c(F)c1.CC([C-]=O)c1ccc2c(c1)[nH]c1ccc(Cl)cc12.CC([C-]=O)c1cccc(C(=O)c2ccccc2)c1.CC([C-]=O)c1cccc(Oc2ccccc2)c1.O=[C-]c1cc(-c2ccc(F)cc2F)ccc1O.O=[C-]c1ccccc1O.[Y].[Y].[Y].[Y].[Y].[Y].[Y].[Y]. The van der Waals surface area contributed by atoms with Crippen molar-refractivity contribution >= 4 is 95.4 Å². The van der Waals surface area contributed by atoms with Crippen LogP contribution < -0.4 is 9.47 Å². The van der Waals surface area contributed by atoms with Crippen molar-refractivity contribution in [3.63, 3.8) is 0 Å². The van der Waals surface area contributed by atoms with Crippen LogP contribution in [0.4, 0.5) is 13.2 Å². The molecule has 0 aliphatic rings. The number of phenols is 2. The van der Waals surface area contributed by atoms with Gasteiger partial charge in [0.15, 0.2) is 5.78 Å². The molecule has 1 heterocycles. The summed E-state index contributed by atoms with van der Waals surface area (Å²) in [5, 5.41) is 21.1. The van der Waals surface area contributed by atoms with Gasteiger partial charge in [0, 0.05) is 341 Å². The predicted molar refractivity (Wildman–Crippen MR) is 505 cm³/mol. The molecule has 686 valence electrons. The summed E-state index contributed by atoms with van der Waals surface area (Å²) in [7, 11) is 0. The largest absolute Gasteiger partial charge is 0.565 e. The maximum atomic E-state index is 13.9. The maximum Gasteiger partial charge on any atom is 0.296 e. The van der Waals surface area contributed by atoms with E-state index in [0.717, 1.165) is 84.7 Å². The molecular weight excluding hydrogens is 2340 g/mol. The van der Waals surface area contributed by atoms with Crippen LogP contribution in [0.3, 0.4) is 0 Å². The van der Waals surface area contributed by atoms with Crippen LogP contribution in [0.1, 0.15) is 188 Å². The third-order valence-corrected chi connectivity index (χ3v) is 18.5. The van der Waals surface area contributed by atoms with Crippen LogP contribution in [0.2, 0.25) is 5.02 Å². The Morgan fingerprint density at radius 1 is 0.363 bits per heavy atom. The Morgan fingerprint density at radius 2 is 0.793 bits per heavy atom. The standard InChI is InChI=1S/C16H13O2.C15H11ClNO.C15H12FO.C15H13O2.C13H7F2O2.C13H17O.C9H7O3.C7H5O2.5CH4.8Y/c1-12(11-17)14-8-5-9-15(10-14)16(18)13-6-3-2-4-7-13;1-9(8-18)10-2-4-12-13-7-11(16)3-5-14(13)17-15(12)6-10;1-11(10-17)13-7-8-14(15(16)9-13)12-5-3-2-4-6-12;1-12(11-16)13-6-5-9-15(10-13)17-14-7-3-2-4-8-14;14-10-2-3-11(12(15)6-10)8-1-4-13(17)9(5-8)7-16;1-10(2)8-12-4-6-13(7-5-12)11(3)9-14;1-7(11)12-9-5-3-2-4-8(9)6-10;8-5-6-3-1-2-4-7(6)9;;;;;;;;;;;;;/h2-10,12H,1H3;2-7,9,17H,1H3;2-9,11H,1H3;2-10,12H,1H3;1-6,17H;4-7,10-11H,8H2,1-3H3;2-5H,1H3;1-4,9H;5*1H4;;;;;;;;/q8*-1;;;;;;;;;;;;;. The molecule has 0 bridgehead atoms. The summed E-state index contributed by atoms with van der Waals surface area (Å²) in [6.45, 7) is 14.7. The number of halogens is 4. The van der Waals surface area contributed by atoms with Crippen molar-refractivity contribution in [2.45, 2.75) is 129 Å². The average molecular weight is 2440 g/mol. The summed E-state index contributed by atoms with van der Waals surface area (Å²) in [6, 6.07) is 87.3. The van der Waals surface area contributed by atoms with Gasteiger partial charge in [0.05, 0.1) is 18.9 Å². The number of fused-ring (bicyclic) bond motifs is 3. The van der Waals surface area contributed by atoms with Gasteiger partial charge in [0.25, 0.3) is 5.97 Å². The van der Waals surface area contributed by atoms with E-state index in [1.54, 1.807) is 99.2 Å². The summed E-state index contributed by atoms with van der Waals surface area (Å²) in [5.41, 5.74) is 11.4. The van der Waals surface area contributed by atoms with Crippen molar-refractivity contribution in [3.8, 4) is 51.0 Å². The van der Waals surface area contributed by atoms with Gasteiger partial charge < -0.3 is 63.0 Å². The van der Waals surface area contributed by atoms with Crippen molar-refractivity contribution in [2.24, 2.45) is 5.92 Å². The second-order valence-electron chi connectivity index (χ2n) is 27.8. The molecule has 27 heteroatoms. The van der Waals surface area contributed by atoms with Gasteiger partial charge in [-0.2, -0.15) is 12.1 Å². The summed E-state index contributed by atoms with van der Waals surface area (Å²) in [6.07, 6.45) is 15.6. The first-order chi connectivity index (χ1) is 58.7. The number of aromatic amines is 1. The van der Waals surface area contributed by atoms with Gasteiger partial charge in [-0.05, 0) is 96.3 Å².